The number of carbonyl (C=O) groups excluding carboxylic acids is 1. The lowest BCUT2D eigenvalue weighted by atomic mass is 10.1. The topological polar surface area (TPSA) is 46.1 Å². The molecule has 128 valence electrons. The van der Waals surface area contributed by atoms with Crippen molar-refractivity contribution >= 4 is 39.8 Å². The van der Waals surface area contributed by atoms with Gasteiger partial charge in [0.05, 0.1) is 16.4 Å². The molecule has 1 aromatic carbocycles. The Bertz CT molecular complexity index is 877. The molecule has 3 aromatic rings. The van der Waals surface area contributed by atoms with E-state index >= 15 is 0 Å². The fraction of sp³-hybridized carbons (Fsp3) is 0.211. The maximum Gasteiger partial charge on any atom is 0.230 e. The smallest absolute Gasteiger partial charge is 0.230 e. The van der Waals surface area contributed by atoms with Gasteiger partial charge in [0.15, 0.2) is 5.13 Å². The third-order valence-electron chi connectivity index (χ3n) is 3.80. The number of hydrogen-bond donors (Lipinski definition) is 0. The summed E-state index contributed by atoms with van der Waals surface area (Å²) < 4.78 is 0. The molecule has 4 nitrogen and oxygen atoms in total. The molecule has 3 rings (SSSR count). The molecule has 25 heavy (non-hydrogen) atoms. The molecule has 0 aliphatic heterocycles. The Labute approximate surface area is 155 Å². The number of nitrogens with zero attached hydrogens (tertiary/aromatic N) is 3. The van der Waals surface area contributed by atoms with E-state index in [9.17, 15) is 4.79 Å². The van der Waals surface area contributed by atoms with E-state index in [0.29, 0.717) is 5.13 Å². The highest BCUT2D eigenvalue weighted by Gasteiger charge is 2.18. The summed E-state index contributed by atoms with van der Waals surface area (Å²) in [7, 11) is 0. The van der Waals surface area contributed by atoms with E-state index in [0.717, 1.165) is 27.7 Å². The van der Waals surface area contributed by atoms with Gasteiger partial charge in [0.2, 0.25) is 5.91 Å². The van der Waals surface area contributed by atoms with Gasteiger partial charge in [-0.05, 0) is 49.2 Å². The molecule has 2 heterocycles. The number of thioether (sulfide) groups is 1. The molecule has 6 heteroatoms. The van der Waals surface area contributed by atoms with Gasteiger partial charge < -0.3 is 0 Å². The molecule has 1 amide bonds. The SMILES string of the molecule is CC(=O)N(c1ccc(C)c(C)c1)c1nc(CSc2ccccn2)cs1. The molecule has 0 N–H and O–H groups in total. The Morgan fingerprint density at radius 1 is 1.20 bits per heavy atom. The van der Waals surface area contributed by atoms with Crippen LogP contribution >= 0.6 is 23.1 Å². The molecule has 0 atom stereocenters. The molecular formula is C19H19N3OS2. The largest absolute Gasteiger partial charge is 0.274 e. The first-order valence-corrected chi connectivity index (χ1v) is 9.77. The fourth-order valence-corrected chi connectivity index (χ4v) is 4.08. The van der Waals surface area contributed by atoms with Crippen LogP contribution in [-0.2, 0) is 10.5 Å². The van der Waals surface area contributed by atoms with Crippen molar-refractivity contribution in [1.82, 2.24) is 9.97 Å². The first-order valence-electron chi connectivity index (χ1n) is 7.91. The molecule has 0 unspecified atom stereocenters. The van der Waals surface area contributed by atoms with Gasteiger partial charge in [-0.1, -0.05) is 12.1 Å². The van der Waals surface area contributed by atoms with Crippen LogP contribution in [0, 0.1) is 13.8 Å². The fourth-order valence-electron chi connectivity index (χ4n) is 2.34. The van der Waals surface area contributed by atoms with Gasteiger partial charge in [-0.15, -0.1) is 23.1 Å². The maximum atomic E-state index is 12.2. The Balaban J connectivity index is 1.80. The lowest BCUT2D eigenvalue weighted by Crippen LogP contribution is -2.22. The summed E-state index contributed by atoms with van der Waals surface area (Å²) in [5, 5.41) is 3.67. The van der Waals surface area contributed by atoms with E-state index in [1.807, 2.05) is 48.7 Å². The zero-order valence-corrected chi connectivity index (χ0v) is 16.0. The van der Waals surface area contributed by atoms with Crippen molar-refractivity contribution in [3.63, 3.8) is 0 Å². The van der Waals surface area contributed by atoms with E-state index < -0.39 is 0 Å². The number of anilines is 2. The number of benzene rings is 1. The molecule has 0 bridgehead atoms. The number of thiazole rings is 1. The van der Waals surface area contributed by atoms with Crippen LogP contribution < -0.4 is 4.90 Å². The summed E-state index contributed by atoms with van der Waals surface area (Å²) in [5.41, 5.74) is 4.17. The van der Waals surface area contributed by atoms with Crippen molar-refractivity contribution in [2.24, 2.45) is 0 Å². The van der Waals surface area contributed by atoms with Crippen LogP contribution in [0.4, 0.5) is 10.8 Å². The molecule has 0 radical (unpaired) electrons. The number of rotatable bonds is 5. The number of aryl methyl sites for hydroxylation is 2. The minimum absolute atomic E-state index is 0.0402. The molecule has 0 aliphatic carbocycles. The van der Waals surface area contributed by atoms with Crippen LogP contribution in [0.15, 0.2) is 53.0 Å². The van der Waals surface area contributed by atoms with E-state index in [1.54, 1.807) is 29.8 Å². The van der Waals surface area contributed by atoms with Crippen LogP contribution in [0.2, 0.25) is 0 Å². The van der Waals surface area contributed by atoms with Crippen molar-refractivity contribution in [3.05, 3.63) is 64.8 Å². The second-order valence-electron chi connectivity index (χ2n) is 5.70. The normalized spacial score (nSPS) is 10.7. The highest BCUT2D eigenvalue weighted by molar-refractivity contribution is 7.98. The molecule has 0 saturated carbocycles. The number of pyridine rings is 1. The zero-order valence-electron chi connectivity index (χ0n) is 14.4. The van der Waals surface area contributed by atoms with Crippen LogP contribution in [-0.4, -0.2) is 15.9 Å². The van der Waals surface area contributed by atoms with Gasteiger partial charge in [-0.25, -0.2) is 9.97 Å². The van der Waals surface area contributed by atoms with Crippen molar-refractivity contribution in [2.45, 2.75) is 31.6 Å². The lowest BCUT2D eigenvalue weighted by Gasteiger charge is -2.19. The van der Waals surface area contributed by atoms with Gasteiger partial charge in [-0.2, -0.15) is 0 Å². The van der Waals surface area contributed by atoms with Gasteiger partial charge in [0, 0.05) is 24.3 Å². The summed E-state index contributed by atoms with van der Waals surface area (Å²) in [4.78, 5) is 22.8. The molecule has 0 spiro atoms. The minimum Gasteiger partial charge on any atom is -0.274 e. The highest BCUT2D eigenvalue weighted by atomic mass is 32.2. The second kappa shape index (κ2) is 7.80. The molecule has 2 aromatic heterocycles. The zero-order chi connectivity index (χ0) is 17.8. The van der Waals surface area contributed by atoms with Crippen LogP contribution in [0.25, 0.3) is 0 Å². The van der Waals surface area contributed by atoms with Crippen LogP contribution in [0.1, 0.15) is 23.7 Å². The molecule has 0 aliphatic rings. The Morgan fingerprint density at radius 3 is 2.72 bits per heavy atom. The van der Waals surface area contributed by atoms with Gasteiger partial charge in [0.1, 0.15) is 0 Å². The van der Waals surface area contributed by atoms with Crippen molar-refractivity contribution in [2.75, 3.05) is 4.90 Å². The van der Waals surface area contributed by atoms with Gasteiger partial charge in [-0.3, -0.25) is 9.69 Å². The van der Waals surface area contributed by atoms with Crippen LogP contribution in [0.5, 0.6) is 0 Å². The Hall–Kier alpha value is -2.18. The molecular weight excluding hydrogens is 350 g/mol. The average Bonchev–Trinajstić information content (AvgIpc) is 3.05. The summed E-state index contributed by atoms with van der Waals surface area (Å²) in [6.07, 6.45) is 1.78. The van der Waals surface area contributed by atoms with E-state index in [1.165, 1.54) is 16.9 Å². The highest BCUT2D eigenvalue weighted by Crippen LogP contribution is 2.31. The molecule has 0 fully saturated rings. The Kier molecular flexibility index (Phi) is 5.50. The number of amides is 1. The Morgan fingerprint density at radius 2 is 2.04 bits per heavy atom. The summed E-state index contributed by atoms with van der Waals surface area (Å²) in [5.74, 6) is 0.688. The number of aromatic nitrogens is 2. The number of hydrogen-bond acceptors (Lipinski definition) is 5. The van der Waals surface area contributed by atoms with E-state index in [-0.39, 0.29) is 5.91 Å². The van der Waals surface area contributed by atoms with Crippen LogP contribution in [0.3, 0.4) is 0 Å². The summed E-state index contributed by atoms with van der Waals surface area (Å²) in [6.45, 7) is 5.68. The minimum atomic E-state index is -0.0402. The maximum absolute atomic E-state index is 12.2. The standard InChI is InChI=1S/C19H19N3OS2/c1-13-7-8-17(10-14(13)2)22(15(3)23)19-21-16(12-25-19)11-24-18-6-4-5-9-20-18/h4-10,12H,11H2,1-3H3. The first kappa shape index (κ1) is 17.6. The first-order chi connectivity index (χ1) is 12.0. The van der Waals surface area contributed by atoms with Crippen molar-refractivity contribution < 1.29 is 4.79 Å². The lowest BCUT2D eigenvalue weighted by molar-refractivity contribution is -0.115. The van der Waals surface area contributed by atoms with Crippen molar-refractivity contribution in [3.8, 4) is 0 Å². The summed E-state index contributed by atoms with van der Waals surface area (Å²) in [6, 6.07) is 11.9. The van der Waals surface area contributed by atoms with E-state index in [4.69, 9.17) is 0 Å². The monoisotopic (exact) mass is 369 g/mol. The predicted molar refractivity (Wildman–Crippen MR) is 105 cm³/mol. The number of carbonyl (C=O) groups is 1. The second-order valence-corrected chi connectivity index (χ2v) is 7.53. The molecule has 0 saturated heterocycles. The van der Waals surface area contributed by atoms with E-state index in [2.05, 4.69) is 16.9 Å². The van der Waals surface area contributed by atoms with Gasteiger partial charge in [0.25, 0.3) is 0 Å². The van der Waals surface area contributed by atoms with Gasteiger partial charge >= 0.3 is 0 Å². The average molecular weight is 370 g/mol. The quantitative estimate of drug-likeness (QED) is 0.585. The summed E-state index contributed by atoms with van der Waals surface area (Å²) >= 11 is 3.12. The third-order valence-corrected chi connectivity index (χ3v) is 5.65. The predicted octanol–water partition coefficient (Wildman–Crippen LogP) is 5.13. The third kappa shape index (κ3) is 4.27. The van der Waals surface area contributed by atoms with Crippen molar-refractivity contribution in [1.29, 1.82) is 0 Å².